The molecule has 0 aliphatic carbocycles. The maximum Gasteiger partial charge on any atom is 0.335 e. The Bertz CT molecular complexity index is 422. The van der Waals surface area contributed by atoms with E-state index in [9.17, 15) is 4.79 Å². The molecule has 0 unspecified atom stereocenters. The average molecular weight is 263 g/mol. The number of aromatic carboxylic acids is 1. The minimum atomic E-state index is -0.877. The monoisotopic (exact) mass is 263 g/mol. The van der Waals surface area contributed by atoms with Gasteiger partial charge in [0.2, 0.25) is 0 Å². The summed E-state index contributed by atoms with van der Waals surface area (Å²) in [5.74, 6) is -0.877. The number of anilines is 1. The highest BCUT2D eigenvalue weighted by molar-refractivity contribution is 5.87. The summed E-state index contributed by atoms with van der Waals surface area (Å²) >= 11 is 0. The van der Waals surface area contributed by atoms with E-state index in [-0.39, 0.29) is 0 Å². The average Bonchev–Trinajstić information content (AvgIpc) is 2.40. The van der Waals surface area contributed by atoms with E-state index in [4.69, 9.17) is 5.11 Å². The second kappa shape index (κ2) is 6.06. The van der Waals surface area contributed by atoms with E-state index >= 15 is 0 Å². The van der Waals surface area contributed by atoms with E-state index in [1.165, 1.54) is 32.4 Å². The van der Waals surface area contributed by atoms with Crippen molar-refractivity contribution in [3.05, 3.63) is 29.8 Å². The number of likely N-dealkylation sites (tertiary alicyclic amines) is 1. The number of likely N-dealkylation sites (N-methyl/N-ethyl adjacent to an activating group) is 1. The number of benzene rings is 1. The predicted molar refractivity (Wildman–Crippen MR) is 76.5 cm³/mol. The van der Waals surface area contributed by atoms with Gasteiger partial charge in [-0.25, -0.2) is 4.79 Å². The van der Waals surface area contributed by atoms with Gasteiger partial charge in [0.15, 0.2) is 0 Å². The standard InChI is InChI=1S/C15H22N2O2/c1-17(10-3-2-4-11-17)12-9-16-14-7-5-13(6-8-14)15(18)19/h5-8,16H,2-4,9-12H2,1H3/p+1. The Hall–Kier alpha value is -1.55. The molecule has 4 nitrogen and oxygen atoms in total. The van der Waals surface area contributed by atoms with E-state index in [1.54, 1.807) is 12.1 Å². The molecule has 1 saturated heterocycles. The third-order valence-electron chi connectivity index (χ3n) is 4.01. The summed E-state index contributed by atoms with van der Waals surface area (Å²) in [5, 5.41) is 12.2. The molecular formula is C15H23N2O2+. The second-order valence-electron chi connectivity index (χ2n) is 5.66. The highest BCUT2D eigenvalue weighted by Gasteiger charge is 2.23. The minimum Gasteiger partial charge on any atom is -0.478 e. The molecule has 1 aliphatic heterocycles. The van der Waals surface area contributed by atoms with Crippen LogP contribution in [0.25, 0.3) is 0 Å². The lowest BCUT2D eigenvalue weighted by molar-refractivity contribution is -0.912. The molecule has 19 heavy (non-hydrogen) atoms. The number of carbonyl (C=O) groups is 1. The molecule has 1 fully saturated rings. The quantitative estimate of drug-likeness (QED) is 0.802. The van der Waals surface area contributed by atoms with Crippen LogP contribution in [0.5, 0.6) is 0 Å². The van der Waals surface area contributed by atoms with Crippen molar-refractivity contribution in [2.24, 2.45) is 0 Å². The molecule has 104 valence electrons. The smallest absolute Gasteiger partial charge is 0.335 e. The van der Waals surface area contributed by atoms with Gasteiger partial charge in [0.25, 0.3) is 0 Å². The van der Waals surface area contributed by atoms with Crippen molar-refractivity contribution in [3.63, 3.8) is 0 Å². The van der Waals surface area contributed by atoms with E-state index in [0.29, 0.717) is 5.56 Å². The Balaban J connectivity index is 1.80. The molecule has 1 aromatic rings. The first-order chi connectivity index (χ1) is 9.09. The van der Waals surface area contributed by atoms with E-state index in [2.05, 4.69) is 12.4 Å². The fraction of sp³-hybridized carbons (Fsp3) is 0.533. The zero-order valence-corrected chi connectivity index (χ0v) is 11.6. The number of rotatable bonds is 5. The summed E-state index contributed by atoms with van der Waals surface area (Å²) in [4.78, 5) is 10.8. The van der Waals surface area contributed by atoms with Crippen LogP contribution >= 0.6 is 0 Å². The van der Waals surface area contributed by atoms with Crippen LogP contribution < -0.4 is 5.32 Å². The fourth-order valence-corrected chi connectivity index (χ4v) is 2.70. The second-order valence-corrected chi connectivity index (χ2v) is 5.66. The highest BCUT2D eigenvalue weighted by atomic mass is 16.4. The lowest BCUT2D eigenvalue weighted by atomic mass is 10.1. The zero-order chi connectivity index (χ0) is 13.7. The Labute approximate surface area is 114 Å². The first-order valence-corrected chi connectivity index (χ1v) is 7.00. The van der Waals surface area contributed by atoms with Gasteiger partial charge in [-0.3, -0.25) is 0 Å². The van der Waals surface area contributed by atoms with Gasteiger partial charge in [0.1, 0.15) is 0 Å². The largest absolute Gasteiger partial charge is 0.478 e. The Morgan fingerprint density at radius 3 is 2.42 bits per heavy atom. The van der Waals surface area contributed by atoms with E-state index in [1.807, 2.05) is 12.1 Å². The van der Waals surface area contributed by atoms with Gasteiger partial charge in [-0.1, -0.05) is 0 Å². The van der Waals surface area contributed by atoms with Crippen molar-refractivity contribution in [3.8, 4) is 0 Å². The molecule has 4 heteroatoms. The Morgan fingerprint density at radius 1 is 1.21 bits per heavy atom. The van der Waals surface area contributed by atoms with Crippen molar-refractivity contribution in [2.45, 2.75) is 19.3 Å². The van der Waals surface area contributed by atoms with Crippen LogP contribution in [0.1, 0.15) is 29.6 Å². The molecule has 0 radical (unpaired) electrons. The first kappa shape index (κ1) is 13.9. The minimum absolute atomic E-state index is 0.334. The van der Waals surface area contributed by atoms with Crippen molar-refractivity contribution >= 4 is 11.7 Å². The van der Waals surface area contributed by atoms with Gasteiger partial charge in [0, 0.05) is 5.69 Å². The third kappa shape index (κ3) is 3.96. The summed E-state index contributed by atoms with van der Waals surface area (Å²) in [6.45, 7) is 4.61. The number of carboxylic acid groups (broad SMARTS) is 1. The first-order valence-electron chi connectivity index (χ1n) is 7.00. The van der Waals surface area contributed by atoms with Crippen LogP contribution in [0, 0.1) is 0 Å². The lowest BCUT2D eigenvalue weighted by Gasteiger charge is -2.37. The molecule has 1 aliphatic rings. The molecule has 0 aromatic heterocycles. The third-order valence-corrected chi connectivity index (χ3v) is 4.01. The zero-order valence-electron chi connectivity index (χ0n) is 11.6. The van der Waals surface area contributed by atoms with Crippen LogP contribution in [-0.4, -0.2) is 48.8 Å². The Morgan fingerprint density at radius 2 is 1.84 bits per heavy atom. The van der Waals surface area contributed by atoms with Crippen LogP contribution in [0.2, 0.25) is 0 Å². The molecule has 0 spiro atoms. The van der Waals surface area contributed by atoms with Gasteiger partial charge < -0.3 is 14.9 Å². The fourth-order valence-electron chi connectivity index (χ4n) is 2.70. The SMILES string of the molecule is C[N+]1(CCNc2ccc(C(=O)O)cc2)CCCCC1. The van der Waals surface area contributed by atoms with Crippen LogP contribution in [0.15, 0.2) is 24.3 Å². The number of carboxylic acids is 1. The molecule has 2 N–H and O–H groups in total. The summed E-state index contributed by atoms with van der Waals surface area (Å²) in [6, 6.07) is 6.95. The van der Waals surface area contributed by atoms with Gasteiger partial charge in [0.05, 0.1) is 38.8 Å². The number of hydrogen-bond acceptors (Lipinski definition) is 2. The molecular weight excluding hydrogens is 240 g/mol. The van der Waals surface area contributed by atoms with Gasteiger partial charge in [-0.15, -0.1) is 0 Å². The van der Waals surface area contributed by atoms with E-state index in [0.717, 1.165) is 23.3 Å². The maximum absolute atomic E-state index is 10.8. The molecule has 0 bridgehead atoms. The number of hydrogen-bond donors (Lipinski definition) is 2. The van der Waals surface area contributed by atoms with Crippen LogP contribution in [0.4, 0.5) is 5.69 Å². The predicted octanol–water partition coefficient (Wildman–Crippen LogP) is 2.43. The topological polar surface area (TPSA) is 49.3 Å². The Kier molecular flexibility index (Phi) is 4.43. The number of nitrogens with one attached hydrogen (secondary N) is 1. The molecule has 0 saturated carbocycles. The van der Waals surface area contributed by atoms with Crippen molar-refractivity contribution < 1.29 is 14.4 Å². The molecule has 2 rings (SSSR count). The molecule has 0 atom stereocenters. The van der Waals surface area contributed by atoms with Crippen molar-refractivity contribution in [1.82, 2.24) is 0 Å². The lowest BCUT2D eigenvalue weighted by Crippen LogP contribution is -2.50. The number of piperidine rings is 1. The van der Waals surface area contributed by atoms with Gasteiger partial charge in [-0.2, -0.15) is 0 Å². The van der Waals surface area contributed by atoms with Crippen LogP contribution in [-0.2, 0) is 0 Å². The van der Waals surface area contributed by atoms with Gasteiger partial charge >= 0.3 is 5.97 Å². The van der Waals surface area contributed by atoms with Gasteiger partial charge in [-0.05, 0) is 43.5 Å². The number of quaternary nitrogens is 1. The van der Waals surface area contributed by atoms with Crippen molar-refractivity contribution in [1.29, 1.82) is 0 Å². The summed E-state index contributed by atoms with van der Waals surface area (Å²) in [5.41, 5.74) is 1.33. The van der Waals surface area contributed by atoms with Crippen LogP contribution in [0.3, 0.4) is 0 Å². The number of nitrogens with zero attached hydrogens (tertiary/aromatic N) is 1. The molecule has 1 heterocycles. The summed E-state index contributed by atoms with van der Waals surface area (Å²) in [6.07, 6.45) is 4.05. The van der Waals surface area contributed by atoms with Crippen molar-refractivity contribution in [2.75, 3.05) is 38.5 Å². The van der Waals surface area contributed by atoms with E-state index < -0.39 is 5.97 Å². The molecule has 0 amide bonds. The summed E-state index contributed by atoms with van der Waals surface area (Å²) in [7, 11) is 2.33. The molecule has 1 aromatic carbocycles. The summed E-state index contributed by atoms with van der Waals surface area (Å²) < 4.78 is 1.15. The maximum atomic E-state index is 10.8. The normalized spacial score (nSPS) is 17.9. The highest BCUT2D eigenvalue weighted by Crippen LogP contribution is 2.16.